The zero-order valence-corrected chi connectivity index (χ0v) is 15.5. The first-order valence-electron chi connectivity index (χ1n) is 8.22. The molecule has 0 aliphatic heterocycles. The molecule has 2 aromatic rings. The summed E-state index contributed by atoms with van der Waals surface area (Å²) >= 11 is 1.59. The van der Waals surface area contributed by atoms with E-state index in [2.05, 4.69) is 15.6 Å². The predicted octanol–water partition coefficient (Wildman–Crippen LogP) is 2.53. The fraction of sp³-hybridized carbons (Fsp3) is 0.389. The number of carbonyl (C=O) groups excluding carboxylic acids is 2. The number of rotatable bonds is 8. The highest BCUT2D eigenvalue weighted by atomic mass is 32.1. The van der Waals surface area contributed by atoms with Gasteiger partial charge in [0.15, 0.2) is 6.61 Å². The first-order chi connectivity index (χ1) is 12.0. The van der Waals surface area contributed by atoms with Gasteiger partial charge in [-0.2, -0.15) is 0 Å². The van der Waals surface area contributed by atoms with Gasteiger partial charge in [0.25, 0.3) is 5.91 Å². The fourth-order valence-electron chi connectivity index (χ4n) is 2.08. The Labute approximate surface area is 151 Å². The van der Waals surface area contributed by atoms with Crippen LogP contribution < -0.4 is 15.4 Å². The maximum absolute atomic E-state index is 11.9. The minimum Gasteiger partial charge on any atom is -0.484 e. The number of amides is 2. The van der Waals surface area contributed by atoms with Crippen LogP contribution in [0.3, 0.4) is 0 Å². The van der Waals surface area contributed by atoms with Gasteiger partial charge in [0, 0.05) is 23.2 Å². The van der Waals surface area contributed by atoms with E-state index in [1.165, 1.54) is 0 Å². The molecule has 0 spiro atoms. The van der Waals surface area contributed by atoms with E-state index in [0.717, 1.165) is 22.7 Å². The van der Waals surface area contributed by atoms with Gasteiger partial charge in [-0.05, 0) is 44.5 Å². The van der Waals surface area contributed by atoms with E-state index < -0.39 is 6.04 Å². The summed E-state index contributed by atoms with van der Waals surface area (Å²) in [5, 5.41) is 8.30. The summed E-state index contributed by atoms with van der Waals surface area (Å²) in [5.74, 6) is 0.0623. The largest absolute Gasteiger partial charge is 0.484 e. The molecule has 0 aliphatic rings. The Morgan fingerprint density at radius 3 is 2.60 bits per heavy atom. The second-order valence-corrected chi connectivity index (χ2v) is 6.55. The van der Waals surface area contributed by atoms with Gasteiger partial charge in [-0.3, -0.25) is 9.59 Å². The second kappa shape index (κ2) is 9.17. The number of benzene rings is 1. The van der Waals surface area contributed by atoms with Gasteiger partial charge >= 0.3 is 0 Å². The maximum Gasteiger partial charge on any atom is 0.258 e. The summed E-state index contributed by atoms with van der Waals surface area (Å²) in [6.45, 7) is 6.03. The third-order valence-electron chi connectivity index (χ3n) is 3.41. The number of thiazole rings is 1. The second-order valence-electron chi connectivity index (χ2n) is 5.69. The van der Waals surface area contributed by atoms with Crippen molar-refractivity contribution >= 4 is 23.2 Å². The van der Waals surface area contributed by atoms with E-state index in [0.29, 0.717) is 12.3 Å². The first-order valence-corrected chi connectivity index (χ1v) is 9.10. The van der Waals surface area contributed by atoms with Gasteiger partial charge in [-0.1, -0.05) is 6.92 Å². The summed E-state index contributed by atoms with van der Waals surface area (Å²) in [6.07, 6.45) is 0.853. The van der Waals surface area contributed by atoms with Gasteiger partial charge in [-0.15, -0.1) is 11.3 Å². The lowest BCUT2D eigenvalue weighted by Gasteiger charge is -2.14. The summed E-state index contributed by atoms with van der Waals surface area (Å²) in [5.41, 5.74) is 2.00. The quantitative estimate of drug-likeness (QED) is 0.757. The molecule has 0 fully saturated rings. The van der Waals surface area contributed by atoms with Crippen molar-refractivity contribution in [1.82, 2.24) is 15.6 Å². The Hall–Kier alpha value is -2.41. The van der Waals surface area contributed by atoms with Crippen molar-refractivity contribution in [2.45, 2.75) is 33.2 Å². The number of hydrogen-bond donors (Lipinski definition) is 2. The number of aromatic nitrogens is 1. The van der Waals surface area contributed by atoms with Crippen LogP contribution in [0.5, 0.6) is 5.75 Å². The van der Waals surface area contributed by atoms with Crippen LogP contribution >= 0.6 is 11.3 Å². The normalized spacial score (nSPS) is 11.6. The third kappa shape index (κ3) is 5.86. The summed E-state index contributed by atoms with van der Waals surface area (Å²) in [6, 6.07) is 6.84. The highest BCUT2D eigenvalue weighted by Crippen LogP contribution is 2.25. The van der Waals surface area contributed by atoms with Gasteiger partial charge in [0.2, 0.25) is 5.91 Å². The number of nitrogens with zero attached hydrogens (tertiary/aromatic N) is 1. The molecule has 0 saturated heterocycles. The number of hydrogen-bond acceptors (Lipinski definition) is 5. The molecule has 0 saturated carbocycles. The summed E-state index contributed by atoms with van der Waals surface area (Å²) in [4.78, 5) is 28.0. The Morgan fingerprint density at radius 1 is 1.28 bits per heavy atom. The topological polar surface area (TPSA) is 80.3 Å². The molecular formula is C18H23N3O3S. The lowest BCUT2D eigenvalue weighted by Crippen LogP contribution is -2.46. The maximum atomic E-state index is 11.9. The molecule has 1 aromatic heterocycles. The molecule has 7 heteroatoms. The van der Waals surface area contributed by atoms with Crippen LogP contribution in [0.2, 0.25) is 0 Å². The summed E-state index contributed by atoms with van der Waals surface area (Å²) in [7, 11) is 0. The van der Waals surface area contributed by atoms with Crippen molar-refractivity contribution in [3.63, 3.8) is 0 Å². The van der Waals surface area contributed by atoms with Crippen LogP contribution in [0, 0.1) is 6.92 Å². The van der Waals surface area contributed by atoms with Crippen molar-refractivity contribution in [2.24, 2.45) is 0 Å². The molecule has 134 valence electrons. The standard InChI is InChI=1S/C18H23N3O3S/c1-4-9-19-17(23)13(3)21-16(22)10-24-15-7-5-14(6-8-15)18-20-12(2)11-25-18/h5-8,11,13H,4,9-10H2,1-3H3,(H,19,23)(H,21,22)/t13-/m0/s1. The van der Waals surface area contributed by atoms with Crippen LogP contribution in [0.1, 0.15) is 26.0 Å². The highest BCUT2D eigenvalue weighted by Gasteiger charge is 2.15. The molecule has 1 heterocycles. The summed E-state index contributed by atoms with van der Waals surface area (Å²) < 4.78 is 5.46. The van der Waals surface area contributed by atoms with Crippen LogP contribution in [-0.4, -0.2) is 36.0 Å². The van der Waals surface area contributed by atoms with Crippen molar-refractivity contribution in [2.75, 3.05) is 13.2 Å². The molecule has 1 atom stereocenters. The van der Waals surface area contributed by atoms with E-state index in [4.69, 9.17) is 4.74 Å². The van der Waals surface area contributed by atoms with Gasteiger partial charge < -0.3 is 15.4 Å². The van der Waals surface area contributed by atoms with Crippen LogP contribution in [0.15, 0.2) is 29.6 Å². The molecule has 1 aromatic carbocycles. The Bertz CT molecular complexity index is 713. The monoisotopic (exact) mass is 361 g/mol. The predicted molar refractivity (Wildman–Crippen MR) is 98.7 cm³/mol. The number of ether oxygens (including phenoxy) is 1. The average Bonchev–Trinajstić information content (AvgIpc) is 3.04. The SMILES string of the molecule is CCCNC(=O)[C@H](C)NC(=O)COc1ccc(-c2nc(C)cs2)cc1. The van der Waals surface area contributed by atoms with E-state index in [9.17, 15) is 9.59 Å². The Morgan fingerprint density at radius 2 is 2.00 bits per heavy atom. The molecule has 2 rings (SSSR count). The lowest BCUT2D eigenvalue weighted by molar-refractivity contribution is -0.129. The zero-order chi connectivity index (χ0) is 18.2. The minimum atomic E-state index is -0.585. The van der Waals surface area contributed by atoms with E-state index >= 15 is 0 Å². The average molecular weight is 361 g/mol. The number of carbonyl (C=O) groups is 2. The Kier molecular flexibility index (Phi) is 6.94. The smallest absolute Gasteiger partial charge is 0.258 e. The van der Waals surface area contributed by atoms with Gasteiger partial charge in [-0.25, -0.2) is 4.98 Å². The highest BCUT2D eigenvalue weighted by molar-refractivity contribution is 7.13. The molecule has 25 heavy (non-hydrogen) atoms. The molecule has 0 bridgehead atoms. The van der Waals surface area contributed by atoms with Crippen molar-refractivity contribution < 1.29 is 14.3 Å². The fourth-order valence-corrected chi connectivity index (χ4v) is 2.88. The zero-order valence-electron chi connectivity index (χ0n) is 14.7. The molecule has 0 radical (unpaired) electrons. The van der Waals surface area contributed by atoms with Crippen molar-refractivity contribution in [3.8, 4) is 16.3 Å². The van der Waals surface area contributed by atoms with Gasteiger partial charge in [0.1, 0.15) is 16.8 Å². The van der Waals surface area contributed by atoms with Crippen LogP contribution in [0.25, 0.3) is 10.6 Å². The molecule has 0 aliphatic carbocycles. The van der Waals surface area contributed by atoms with E-state index in [1.807, 2.05) is 31.4 Å². The number of nitrogens with one attached hydrogen (secondary N) is 2. The van der Waals surface area contributed by atoms with E-state index in [-0.39, 0.29) is 18.4 Å². The minimum absolute atomic E-state index is 0.138. The molecular weight excluding hydrogens is 338 g/mol. The van der Waals surface area contributed by atoms with E-state index in [1.54, 1.807) is 30.4 Å². The number of aryl methyl sites for hydroxylation is 1. The molecule has 0 unspecified atom stereocenters. The van der Waals surface area contributed by atoms with Crippen LogP contribution in [0.4, 0.5) is 0 Å². The first kappa shape index (κ1) is 18.9. The van der Waals surface area contributed by atoms with Crippen molar-refractivity contribution in [1.29, 1.82) is 0 Å². The lowest BCUT2D eigenvalue weighted by atomic mass is 10.2. The molecule has 6 nitrogen and oxygen atoms in total. The van der Waals surface area contributed by atoms with Crippen molar-refractivity contribution in [3.05, 3.63) is 35.3 Å². The molecule has 2 N–H and O–H groups in total. The van der Waals surface area contributed by atoms with Crippen LogP contribution in [-0.2, 0) is 9.59 Å². The third-order valence-corrected chi connectivity index (χ3v) is 4.42. The molecule has 2 amide bonds. The Balaban J connectivity index is 1.80. The van der Waals surface area contributed by atoms with Gasteiger partial charge in [0.05, 0.1) is 0 Å².